The van der Waals surface area contributed by atoms with Gasteiger partial charge in [0.2, 0.25) is 0 Å². The van der Waals surface area contributed by atoms with E-state index in [4.69, 9.17) is 0 Å². The smallest absolute Gasteiger partial charge is 0.165 e. The van der Waals surface area contributed by atoms with Crippen molar-refractivity contribution in [2.45, 2.75) is 53.5 Å². The summed E-state index contributed by atoms with van der Waals surface area (Å²) in [6.07, 6.45) is 4.63. The fourth-order valence-electron chi connectivity index (χ4n) is 3.15. The molecule has 0 radical (unpaired) electrons. The molecule has 0 aliphatic heterocycles. The first kappa shape index (κ1) is 14.5. The maximum absolute atomic E-state index is 12.3. The molecule has 1 aliphatic rings. The van der Waals surface area contributed by atoms with Crippen molar-refractivity contribution in [1.82, 2.24) is 9.55 Å². The highest BCUT2D eigenvalue weighted by Gasteiger charge is 2.33. The van der Waals surface area contributed by atoms with Crippen LogP contribution in [0, 0.1) is 12.3 Å². The van der Waals surface area contributed by atoms with Crippen LogP contribution in [0.2, 0.25) is 0 Å². The first-order chi connectivity index (χ1) is 9.89. The molecule has 0 bridgehead atoms. The van der Waals surface area contributed by atoms with Crippen molar-refractivity contribution in [2.75, 3.05) is 0 Å². The van der Waals surface area contributed by atoms with Crippen LogP contribution in [0.3, 0.4) is 0 Å². The maximum atomic E-state index is 12.3. The van der Waals surface area contributed by atoms with Crippen molar-refractivity contribution in [3.63, 3.8) is 0 Å². The van der Waals surface area contributed by atoms with Crippen LogP contribution in [-0.4, -0.2) is 15.3 Å². The molecule has 0 aromatic carbocycles. The van der Waals surface area contributed by atoms with Gasteiger partial charge >= 0.3 is 0 Å². The van der Waals surface area contributed by atoms with Crippen molar-refractivity contribution >= 4 is 17.1 Å². The van der Waals surface area contributed by atoms with Gasteiger partial charge in [-0.2, -0.15) is 0 Å². The van der Waals surface area contributed by atoms with Gasteiger partial charge in [-0.15, -0.1) is 11.3 Å². The van der Waals surface area contributed by atoms with E-state index in [1.54, 1.807) is 11.3 Å². The van der Waals surface area contributed by atoms with Gasteiger partial charge in [0.1, 0.15) is 5.01 Å². The molecule has 0 amide bonds. The van der Waals surface area contributed by atoms with Gasteiger partial charge in [-0.25, -0.2) is 4.98 Å². The number of ketones is 1. The molecule has 112 valence electrons. The summed E-state index contributed by atoms with van der Waals surface area (Å²) in [5, 5.41) is 1.13. The summed E-state index contributed by atoms with van der Waals surface area (Å²) in [4.78, 5) is 18.2. The molecule has 3 nitrogen and oxygen atoms in total. The Hall–Kier alpha value is -1.42. The Morgan fingerprint density at radius 1 is 1.38 bits per heavy atom. The minimum absolute atomic E-state index is 0.0596. The Kier molecular flexibility index (Phi) is 3.52. The van der Waals surface area contributed by atoms with Crippen molar-refractivity contribution in [3.8, 4) is 0 Å². The fourth-order valence-corrected chi connectivity index (χ4v) is 4.00. The van der Waals surface area contributed by atoms with Crippen LogP contribution in [0.1, 0.15) is 58.8 Å². The Bertz CT molecular complexity index is 694. The number of aryl methyl sites for hydroxylation is 2. The normalized spacial score (nSPS) is 17.0. The Balaban J connectivity index is 1.98. The summed E-state index contributed by atoms with van der Waals surface area (Å²) in [7, 11) is 0. The predicted molar refractivity (Wildman–Crippen MR) is 86.2 cm³/mol. The first-order valence-corrected chi connectivity index (χ1v) is 8.37. The van der Waals surface area contributed by atoms with Gasteiger partial charge in [0.05, 0.1) is 6.54 Å². The molecule has 21 heavy (non-hydrogen) atoms. The van der Waals surface area contributed by atoms with Gasteiger partial charge in [-0.1, -0.05) is 20.8 Å². The van der Waals surface area contributed by atoms with Gasteiger partial charge in [-0.3, -0.25) is 4.79 Å². The molecule has 0 N–H and O–H groups in total. The highest BCUT2D eigenvalue weighted by Crippen LogP contribution is 2.36. The Morgan fingerprint density at radius 3 is 2.81 bits per heavy atom. The second-order valence-electron chi connectivity index (χ2n) is 6.75. The molecule has 2 aromatic heterocycles. The van der Waals surface area contributed by atoms with Crippen LogP contribution >= 0.6 is 11.3 Å². The number of carbonyl (C=O) groups excluding carboxylic acids is 1. The van der Waals surface area contributed by atoms with Crippen molar-refractivity contribution in [2.24, 2.45) is 5.41 Å². The lowest BCUT2D eigenvalue weighted by atomic mass is 9.76. The van der Waals surface area contributed by atoms with E-state index < -0.39 is 0 Å². The second-order valence-corrected chi connectivity index (χ2v) is 7.95. The van der Waals surface area contributed by atoms with E-state index in [2.05, 4.69) is 43.3 Å². The third-order valence-electron chi connectivity index (χ3n) is 4.24. The number of hydrogen-bond donors (Lipinski definition) is 0. The molecule has 0 saturated carbocycles. The molecule has 0 fully saturated rings. The minimum atomic E-state index is 0.0596. The highest BCUT2D eigenvalue weighted by atomic mass is 32.1. The van der Waals surface area contributed by atoms with Crippen molar-refractivity contribution in [1.29, 1.82) is 0 Å². The largest absolute Gasteiger partial charge is 0.341 e. The van der Waals surface area contributed by atoms with E-state index in [0.717, 1.165) is 30.0 Å². The highest BCUT2D eigenvalue weighted by molar-refractivity contribution is 7.11. The van der Waals surface area contributed by atoms with Gasteiger partial charge in [0.15, 0.2) is 5.78 Å². The average Bonchev–Trinajstić information content (AvgIpc) is 2.96. The molecule has 2 heterocycles. The van der Waals surface area contributed by atoms with E-state index >= 15 is 0 Å². The topological polar surface area (TPSA) is 34.9 Å². The lowest BCUT2D eigenvalue weighted by molar-refractivity contribution is 0.0910. The van der Waals surface area contributed by atoms with E-state index in [1.807, 2.05) is 6.20 Å². The zero-order valence-corrected chi connectivity index (χ0v) is 14.0. The number of rotatable bonds is 3. The SMILES string of the molecule is CCc1cnc(Cn2c(C)cc3c2CC(C)(C)CC3=O)s1. The van der Waals surface area contributed by atoms with Crippen LogP contribution < -0.4 is 0 Å². The molecule has 0 spiro atoms. The molecule has 2 aromatic rings. The number of nitrogens with zero attached hydrogens (tertiary/aromatic N) is 2. The molecule has 0 atom stereocenters. The molecular formula is C17H22N2OS. The first-order valence-electron chi connectivity index (χ1n) is 7.55. The number of fused-ring (bicyclic) bond motifs is 1. The lowest BCUT2D eigenvalue weighted by Gasteiger charge is -2.29. The van der Waals surface area contributed by atoms with Crippen LogP contribution in [0.5, 0.6) is 0 Å². The van der Waals surface area contributed by atoms with E-state index in [1.165, 1.54) is 16.3 Å². The number of hydrogen-bond acceptors (Lipinski definition) is 3. The standard InChI is InChI=1S/C17H22N2OS/c1-5-12-9-18-16(21-12)10-19-11(2)6-13-14(19)7-17(3,4)8-15(13)20/h6,9H,5,7-8,10H2,1-4H3. The molecule has 0 unspecified atom stereocenters. The molecule has 0 saturated heterocycles. The summed E-state index contributed by atoms with van der Waals surface area (Å²) < 4.78 is 2.28. The van der Waals surface area contributed by atoms with Crippen LogP contribution in [0.25, 0.3) is 0 Å². The fraction of sp³-hybridized carbons (Fsp3) is 0.529. The van der Waals surface area contributed by atoms with Crippen LogP contribution in [0.4, 0.5) is 0 Å². The Morgan fingerprint density at radius 2 is 2.14 bits per heavy atom. The second kappa shape index (κ2) is 5.09. The average molecular weight is 302 g/mol. The predicted octanol–water partition coefficient (Wildman–Crippen LogP) is 4.02. The summed E-state index contributed by atoms with van der Waals surface area (Å²) in [6.45, 7) is 9.39. The number of aromatic nitrogens is 2. The molecule has 1 aliphatic carbocycles. The zero-order chi connectivity index (χ0) is 15.2. The zero-order valence-electron chi connectivity index (χ0n) is 13.2. The third-order valence-corrected chi connectivity index (χ3v) is 5.37. The number of Topliss-reactive ketones (excluding diaryl/α,β-unsaturated/α-hetero) is 1. The van der Waals surface area contributed by atoms with Crippen molar-refractivity contribution in [3.05, 3.63) is 39.1 Å². The summed E-state index contributed by atoms with van der Waals surface area (Å²) in [5.41, 5.74) is 3.35. The summed E-state index contributed by atoms with van der Waals surface area (Å²) in [6, 6.07) is 2.06. The maximum Gasteiger partial charge on any atom is 0.165 e. The molecule has 3 rings (SSSR count). The number of carbonyl (C=O) groups is 1. The lowest BCUT2D eigenvalue weighted by Crippen LogP contribution is -2.28. The van der Waals surface area contributed by atoms with E-state index in [-0.39, 0.29) is 11.2 Å². The van der Waals surface area contributed by atoms with Gasteiger partial charge in [0.25, 0.3) is 0 Å². The molecular weight excluding hydrogens is 280 g/mol. The summed E-state index contributed by atoms with van der Waals surface area (Å²) >= 11 is 1.77. The Labute approximate surface area is 130 Å². The van der Waals surface area contributed by atoms with Crippen LogP contribution in [0.15, 0.2) is 12.3 Å². The minimum Gasteiger partial charge on any atom is -0.341 e. The van der Waals surface area contributed by atoms with E-state index in [9.17, 15) is 4.79 Å². The van der Waals surface area contributed by atoms with Crippen LogP contribution in [-0.2, 0) is 19.4 Å². The van der Waals surface area contributed by atoms with Gasteiger partial charge < -0.3 is 4.57 Å². The number of thiazole rings is 1. The third kappa shape index (κ3) is 2.69. The van der Waals surface area contributed by atoms with Crippen molar-refractivity contribution < 1.29 is 4.79 Å². The van der Waals surface area contributed by atoms with Gasteiger partial charge in [0, 0.05) is 34.4 Å². The van der Waals surface area contributed by atoms with E-state index in [0.29, 0.717) is 6.42 Å². The quantitative estimate of drug-likeness (QED) is 0.858. The monoisotopic (exact) mass is 302 g/mol. The van der Waals surface area contributed by atoms with Gasteiger partial charge in [-0.05, 0) is 31.2 Å². The molecule has 4 heteroatoms. The summed E-state index contributed by atoms with van der Waals surface area (Å²) in [5.74, 6) is 0.288.